The zero-order valence-corrected chi connectivity index (χ0v) is 11.3. The lowest BCUT2D eigenvalue weighted by Crippen LogP contribution is -2.43. The number of hydrogen-bond acceptors (Lipinski definition) is 4. The summed E-state index contributed by atoms with van der Waals surface area (Å²) >= 11 is 0. The third kappa shape index (κ3) is 3.55. The first-order valence-corrected chi connectivity index (χ1v) is 6.78. The fourth-order valence-electron chi connectivity index (χ4n) is 2.52. The molecule has 1 aliphatic rings. The van der Waals surface area contributed by atoms with E-state index in [1.54, 1.807) is 6.92 Å². The van der Waals surface area contributed by atoms with Gasteiger partial charge in [-0.25, -0.2) is 0 Å². The van der Waals surface area contributed by atoms with Gasteiger partial charge in [0.25, 0.3) is 0 Å². The summed E-state index contributed by atoms with van der Waals surface area (Å²) in [6, 6.07) is 9.88. The van der Waals surface area contributed by atoms with Crippen LogP contribution in [0.25, 0.3) is 0 Å². The zero-order valence-electron chi connectivity index (χ0n) is 11.3. The van der Waals surface area contributed by atoms with Gasteiger partial charge in [0.15, 0.2) is 0 Å². The molecule has 19 heavy (non-hydrogen) atoms. The summed E-state index contributed by atoms with van der Waals surface area (Å²) in [5, 5.41) is 12.6. The lowest BCUT2D eigenvalue weighted by atomic mass is 9.84. The van der Waals surface area contributed by atoms with Crippen molar-refractivity contribution in [2.45, 2.75) is 37.9 Å². The Bertz CT molecular complexity index is 411. The Morgan fingerprint density at radius 1 is 1.37 bits per heavy atom. The van der Waals surface area contributed by atoms with Crippen LogP contribution in [0.15, 0.2) is 30.3 Å². The Labute approximate surface area is 113 Å². The first-order valence-electron chi connectivity index (χ1n) is 6.78. The smallest absolute Gasteiger partial charge is 0.309 e. The molecule has 2 N–H and O–H groups in total. The van der Waals surface area contributed by atoms with Gasteiger partial charge in [-0.2, -0.15) is 0 Å². The molecule has 104 valence electrons. The standard InChI is InChI=1S/C15H21NO3/c1-12(17)11-14(18)19-15(7-9-16-10-8-15)13-5-3-2-4-6-13/h2-6,12,16-17H,7-11H2,1H3. The average molecular weight is 263 g/mol. The van der Waals surface area contributed by atoms with Crippen LogP contribution in [0.2, 0.25) is 0 Å². The molecule has 1 aliphatic heterocycles. The lowest BCUT2D eigenvalue weighted by molar-refractivity contribution is -0.166. The Balaban J connectivity index is 2.18. The third-order valence-corrected chi connectivity index (χ3v) is 3.48. The number of carbonyl (C=O) groups is 1. The highest BCUT2D eigenvalue weighted by atomic mass is 16.6. The molecular formula is C15H21NO3. The molecule has 0 aromatic heterocycles. The van der Waals surface area contributed by atoms with Gasteiger partial charge in [-0.05, 0) is 25.6 Å². The van der Waals surface area contributed by atoms with Gasteiger partial charge >= 0.3 is 5.97 Å². The second-order valence-electron chi connectivity index (χ2n) is 5.14. The van der Waals surface area contributed by atoms with Crippen molar-refractivity contribution in [3.05, 3.63) is 35.9 Å². The van der Waals surface area contributed by atoms with E-state index in [2.05, 4.69) is 5.32 Å². The highest BCUT2D eigenvalue weighted by Gasteiger charge is 2.37. The topological polar surface area (TPSA) is 58.6 Å². The van der Waals surface area contributed by atoms with E-state index in [1.165, 1.54) is 0 Å². The van der Waals surface area contributed by atoms with Crippen LogP contribution in [0.1, 0.15) is 31.7 Å². The number of hydrogen-bond donors (Lipinski definition) is 2. The maximum absolute atomic E-state index is 11.9. The fraction of sp³-hybridized carbons (Fsp3) is 0.533. The molecule has 0 aliphatic carbocycles. The highest BCUT2D eigenvalue weighted by molar-refractivity contribution is 5.70. The summed E-state index contributed by atoms with van der Waals surface area (Å²) in [4.78, 5) is 11.9. The molecule has 1 fully saturated rings. The van der Waals surface area contributed by atoms with E-state index in [0.717, 1.165) is 31.5 Å². The second kappa shape index (κ2) is 6.17. The van der Waals surface area contributed by atoms with Crippen LogP contribution in [0.3, 0.4) is 0 Å². The first kappa shape index (κ1) is 14.0. The molecule has 0 saturated carbocycles. The molecule has 0 bridgehead atoms. The average Bonchev–Trinajstić information content (AvgIpc) is 2.40. The first-order chi connectivity index (χ1) is 9.12. The van der Waals surface area contributed by atoms with Crippen LogP contribution in [0, 0.1) is 0 Å². The van der Waals surface area contributed by atoms with E-state index < -0.39 is 11.7 Å². The van der Waals surface area contributed by atoms with E-state index >= 15 is 0 Å². The van der Waals surface area contributed by atoms with Crippen LogP contribution in [0.5, 0.6) is 0 Å². The van der Waals surface area contributed by atoms with E-state index in [9.17, 15) is 9.90 Å². The maximum atomic E-state index is 11.9. The van der Waals surface area contributed by atoms with Crippen LogP contribution in [0.4, 0.5) is 0 Å². The van der Waals surface area contributed by atoms with Crippen LogP contribution in [-0.4, -0.2) is 30.3 Å². The van der Waals surface area contributed by atoms with Gasteiger partial charge in [-0.15, -0.1) is 0 Å². The number of esters is 1. The van der Waals surface area contributed by atoms with Crippen molar-refractivity contribution >= 4 is 5.97 Å². The molecule has 2 rings (SSSR count). The molecule has 1 atom stereocenters. The number of aliphatic hydroxyl groups is 1. The molecule has 1 aromatic carbocycles. The predicted octanol–water partition coefficient (Wildman–Crippen LogP) is 1.58. The molecule has 1 saturated heterocycles. The van der Waals surface area contributed by atoms with Crippen LogP contribution < -0.4 is 5.32 Å². The van der Waals surface area contributed by atoms with Gasteiger partial charge in [0, 0.05) is 12.8 Å². The predicted molar refractivity (Wildman–Crippen MR) is 72.6 cm³/mol. The molecule has 0 amide bonds. The van der Waals surface area contributed by atoms with Crippen molar-refractivity contribution in [3.8, 4) is 0 Å². The molecule has 0 spiro atoms. The normalized spacial score (nSPS) is 19.7. The highest BCUT2D eigenvalue weighted by Crippen LogP contribution is 2.35. The van der Waals surface area contributed by atoms with Crippen LogP contribution >= 0.6 is 0 Å². The molecule has 1 unspecified atom stereocenters. The van der Waals surface area contributed by atoms with E-state index in [1.807, 2.05) is 30.3 Å². The van der Waals surface area contributed by atoms with Crippen molar-refractivity contribution in [2.24, 2.45) is 0 Å². The molecule has 1 heterocycles. The Morgan fingerprint density at radius 3 is 2.58 bits per heavy atom. The number of ether oxygens (including phenoxy) is 1. The van der Waals surface area contributed by atoms with Gasteiger partial charge in [-0.1, -0.05) is 30.3 Å². The van der Waals surface area contributed by atoms with Crippen molar-refractivity contribution < 1.29 is 14.6 Å². The number of piperidine rings is 1. The van der Waals surface area contributed by atoms with E-state index in [4.69, 9.17) is 4.74 Å². The summed E-state index contributed by atoms with van der Waals surface area (Å²) in [7, 11) is 0. The summed E-state index contributed by atoms with van der Waals surface area (Å²) in [5.41, 5.74) is 0.494. The number of rotatable bonds is 4. The summed E-state index contributed by atoms with van der Waals surface area (Å²) in [6.07, 6.45) is 0.912. The minimum Gasteiger partial charge on any atom is -0.454 e. The molecule has 4 nitrogen and oxygen atoms in total. The number of carbonyl (C=O) groups excluding carboxylic acids is 1. The monoisotopic (exact) mass is 263 g/mol. The molecule has 0 radical (unpaired) electrons. The van der Waals surface area contributed by atoms with Crippen molar-refractivity contribution in [1.82, 2.24) is 5.32 Å². The SMILES string of the molecule is CC(O)CC(=O)OC1(c2ccccc2)CCNCC1. The quantitative estimate of drug-likeness (QED) is 0.810. The Morgan fingerprint density at radius 2 is 2.00 bits per heavy atom. The van der Waals surface area contributed by atoms with E-state index in [0.29, 0.717) is 0 Å². The Kier molecular flexibility index (Phi) is 4.56. The number of nitrogens with one attached hydrogen (secondary N) is 1. The summed E-state index contributed by atoms with van der Waals surface area (Å²) in [5.74, 6) is -0.333. The van der Waals surface area contributed by atoms with Gasteiger partial charge in [0.1, 0.15) is 5.60 Å². The number of benzene rings is 1. The molecular weight excluding hydrogens is 242 g/mol. The van der Waals surface area contributed by atoms with Gasteiger partial charge in [-0.3, -0.25) is 4.79 Å². The molecule has 1 aromatic rings. The van der Waals surface area contributed by atoms with Crippen molar-refractivity contribution in [2.75, 3.05) is 13.1 Å². The minimum absolute atomic E-state index is 0.0437. The van der Waals surface area contributed by atoms with Gasteiger partial charge in [0.05, 0.1) is 12.5 Å². The van der Waals surface area contributed by atoms with Crippen molar-refractivity contribution in [3.63, 3.8) is 0 Å². The third-order valence-electron chi connectivity index (χ3n) is 3.48. The van der Waals surface area contributed by atoms with E-state index in [-0.39, 0.29) is 12.4 Å². The molecule has 4 heteroatoms. The van der Waals surface area contributed by atoms with Gasteiger partial charge < -0.3 is 15.2 Å². The second-order valence-corrected chi connectivity index (χ2v) is 5.14. The summed E-state index contributed by atoms with van der Waals surface area (Å²) < 4.78 is 5.74. The largest absolute Gasteiger partial charge is 0.454 e. The lowest BCUT2D eigenvalue weighted by Gasteiger charge is -2.37. The van der Waals surface area contributed by atoms with Crippen molar-refractivity contribution in [1.29, 1.82) is 0 Å². The zero-order chi connectivity index (χ0) is 13.7. The van der Waals surface area contributed by atoms with Gasteiger partial charge in [0.2, 0.25) is 0 Å². The van der Waals surface area contributed by atoms with Crippen LogP contribution in [-0.2, 0) is 15.1 Å². The fourth-order valence-corrected chi connectivity index (χ4v) is 2.52. The number of aliphatic hydroxyl groups excluding tert-OH is 1. The summed E-state index contributed by atoms with van der Waals surface area (Å²) in [6.45, 7) is 3.26. The minimum atomic E-state index is -0.665. The Hall–Kier alpha value is -1.39. The maximum Gasteiger partial charge on any atom is 0.309 e.